The normalized spacial score (nSPS) is 13.0. The van der Waals surface area contributed by atoms with E-state index in [2.05, 4.69) is 25.6 Å². The molecule has 4 aromatic rings. The minimum atomic E-state index is -0.240. The fourth-order valence-corrected chi connectivity index (χ4v) is 6.38. The topological polar surface area (TPSA) is 117 Å². The zero-order valence-electron chi connectivity index (χ0n) is 18.6. The Balaban J connectivity index is 1.30. The van der Waals surface area contributed by atoms with Crippen LogP contribution in [0.4, 0.5) is 10.1 Å². The van der Waals surface area contributed by atoms with E-state index in [0.29, 0.717) is 28.1 Å². The van der Waals surface area contributed by atoms with Gasteiger partial charge in [-0.25, -0.2) is 9.97 Å². The Morgan fingerprint density at radius 1 is 1.06 bits per heavy atom. The fraction of sp³-hybridized carbons (Fsp3) is 0.292. The molecule has 174 valence electrons. The van der Waals surface area contributed by atoms with Crippen LogP contribution in [0.1, 0.15) is 42.5 Å². The first-order valence-electron chi connectivity index (χ1n) is 11.1. The van der Waals surface area contributed by atoms with Crippen molar-refractivity contribution >= 4 is 54.8 Å². The maximum Gasteiger partial charge on any atom is 0.259 e. The van der Waals surface area contributed by atoms with Crippen molar-refractivity contribution in [2.45, 2.75) is 45.4 Å². The number of nitrogens with one attached hydrogen (secondary N) is 3. The predicted octanol–water partition coefficient (Wildman–Crippen LogP) is 4.52. The third-order valence-corrected chi connectivity index (χ3v) is 7.75. The van der Waals surface area contributed by atoms with E-state index < -0.39 is 0 Å². The van der Waals surface area contributed by atoms with Crippen molar-refractivity contribution in [1.82, 2.24) is 15.0 Å². The molecule has 0 spiro atoms. The number of benzene rings is 1. The van der Waals surface area contributed by atoms with Crippen LogP contribution in [-0.2, 0) is 28.9 Å². The van der Waals surface area contributed by atoms with Crippen LogP contribution in [0, 0.1) is 0 Å². The standard InChI is InChI=1S/C24H23N5O3S2/c1-13(30)25-23-20(14-7-3-2-4-8-14)29-24(34-23)28-18(31)12-11-17-26-21(32)19-15-9-5-6-10-16(15)33-22(19)27-17/h2-4,7-8H,5-6,9-12H2,1H3,(H,25,30)(H,26,27,32)(H,28,29,31). The number of carbonyl (C=O) groups excluding carboxylic acids is 2. The highest BCUT2D eigenvalue weighted by Crippen LogP contribution is 2.36. The number of fused-ring (bicyclic) bond motifs is 3. The lowest BCUT2D eigenvalue weighted by Gasteiger charge is -2.09. The van der Waals surface area contributed by atoms with Crippen molar-refractivity contribution in [3.05, 3.63) is 57.0 Å². The smallest absolute Gasteiger partial charge is 0.259 e. The van der Waals surface area contributed by atoms with Gasteiger partial charge in [-0.15, -0.1) is 11.3 Å². The molecular formula is C24H23N5O3S2. The summed E-state index contributed by atoms with van der Waals surface area (Å²) < 4.78 is 0. The van der Waals surface area contributed by atoms with Crippen molar-refractivity contribution in [2.75, 3.05) is 10.6 Å². The summed E-state index contributed by atoms with van der Waals surface area (Å²) in [6.07, 6.45) is 4.65. The molecule has 0 bridgehead atoms. The minimum absolute atomic E-state index is 0.118. The van der Waals surface area contributed by atoms with Crippen LogP contribution in [0.3, 0.4) is 0 Å². The van der Waals surface area contributed by atoms with E-state index >= 15 is 0 Å². The molecule has 1 aliphatic rings. The number of anilines is 2. The molecule has 0 saturated heterocycles. The lowest BCUT2D eigenvalue weighted by molar-refractivity contribution is -0.116. The molecule has 5 rings (SSSR count). The first kappa shape index (κ1) is 22.4. The predicted molar refractivity (Wildman–Crippen MR) is 136 cm³/mol. The van der Waals surface area contributed by atoms with Gasteiger partial charge in [0.2, 0.25) is 11.8 Å². The molecule has 34 heavy (non-hydrogen) atoms. The van der Waals surface area contributed by atoms with Crippen LogP contribution < -0.4 is 16.2 Å². The summed E-state index contributed by atoms with van der Waals surface area (Å²) in [5.74, 6) is 0.0598. The van der Waals surface area contributed by atoms with E-state index in [4.69, 9.17) is 0 Å². The molecule has 0 unspecified atom stereocenters. The van der Waals surface area contributed by atoms with Crippen LogP contribution >= 0.6 is 22.7 Å². The Morgan fingerprint density at radius 2 is 1.85 bits per heavy atom. The molecule has 3 aromatic heterocycles. The van der Waals surface area contributed by atoms with Crippen molar-refractivity contribution < 1.29 is 9.59 Å². The van der Waals surface area contributed by atoms with Crippen molar-refractivity contribution in [3.8, 4) is 11.3 Å². The Morgan fingerprint density at radius 3 is 2.65 bits per heavy atom. The van der Waals surface area contributed by atoms with E-state index in [9.17, 15) is 14.4 Å². The van der Waals surface area contributed by atoms with Gasteiger partial charge in [-0.2, -0.15) is 0 Å². The molecule has 0 atom stereocenters. The second-order valence-corrected chi connectivity index (χ2v) is 10.3. The number of amides is 2. The molecule has 2 amide bonds. The number of rotatable bonds is 6. The summed E-state index contributed by atoms with van der Waals surface area (Å²) >= 11 is 2.80. The lowest BCUT2D eigenvalue weighted by atomic mass is 9.97. The summed E-state index contributed by atoms with van der Waals surface area (Å²) in [5, 5.41) is 7.28. The zero-order chi connectivity index (χ0) is 23.7. The van der Waals surface area contributed by atoms with Gasteiger partial charge in [-0.05, 0) is 31.2 Å². The summed E-state index contributed by atoms with van der Waals surface area (Å²) in [6, 6.07) is 9.47. The highest BCUT2D eigenvalue weighted by Gasteiger charge is 2.20. The number of hydrogen-bond donors (Lipinski definition) is 3. The van der Waals surface area contributed by atoms with E-state index in [-0.39, 0.29) is 23.8 Å². The largest absolute Gasteiger partial charge is 0.316 e. The molecule has 10 heteroatoms. The number of thiophene rings is 1. The Kier molecular flexibility index (Phi) is 6.25. The van der Waals surface area contributed by atoms with Gasteiger partial charge in [0, 0.05) is 30.2 Å². The second-order valence-electron chi connectivity index (χ2n) is 8.20. The molecule has 3 heterocycles. The first-order chi connectivity index (χ1) is 16.5. The minimum Gasteiger partial charge on any atom is -0.316 e. The van der Waals surface area contributed by atoms with Gasteiger partial charge >= 0.3 is 0 Å². The number of carbonyl (C=O) groups is 2. The van der Waals surface area contributed by atoms with Gasteiger partial charge in [-0.3, -0.25) is 14.4 Å². The maximum absolute atomic E-state index is 12.7. The van der Waals surface area contributed by atoms with Gasteiger partial charge in [0.25, 0.3) is 5.56 Å². The average Bonchev–Trinajstić information content (AvgIpc) is 3.38. The monoisotopic (exact) mass is 493 g/mol. The van der Waals surface area contributed by atoms with Gasteiger partial charge in [0.1, 0.15) is 21.3 Å². The fourth-order valence-electron chi connectivity index (χ4n) is 4.15. The van der Waals surface area contributed by atoms with Crippen molar-refractivity contribution in [2.24, 2.45) is 0 Å². The maximum atomic E-state index is 12.7. The SMILES string of the molecule is CC(=O)Nc1sc(NC(=O)CCc2nc3sc4c(c3c(=O)[nH]2)CCCC4)nc1-c1ccccc1. The summed E-state index contributed by atoms with van der Waals surface area (Å²) in [5.41, 5.74) is 2.48. The number of aromatic amines is 1. The third kappa shape index (κ3) is 4.64. The highest BCUT2D eigenvalue weighted by molar-refractivity contribution is 7.20. The Labute approximate surface area is 203 Å². The van der Waals surface area contributed by atoms with Crippen LogP contribution in [0.5, 0.6) is 0 Å². The first-order valence-corrected chi connectivity index (χ1v) is 12.8. The summed E-state index contributed by atoms with van der Waals surface area (Å²) in [6.45, 7) is 1.43. The Hall–Kier alpha value is -3.37. The average molecular weight is 494 g/mol. The molecule has 0 aliphatic heterocycles. The number of H-pyrrole nitrogens is 1. The Bertz CT molecular complexity index is 1440. The van der Waals surface area contributed by atoms with Crippen molar-refractivity contribution in [1.29, 1.82) is 0 Å². The molecular weight excluding hydrogens is 470 g/mol. The van der Waals surface area contributed by atoms with Crippen LogP contribution in [0.25, 0.3) is 21.5 Å². The summed E-state index contributed by atoms with van der Waals surface area (Å²) in [4.78, 5) is 51.0. The molecule has 8 nitrogen and oxygen atoms in total. The van der Waals surface area contributed by atoms with E-state index in [0.717, 1.165) is 47.0 Å². The highest BCUT2D eigenvalue weighted by atomic mass is 32.1. The van der Waals surface area contributed by atoms with Crippen LogP contribution in [0.15, 0.2) is 35.1 Å². The number of hydrogen-bond acceptors (Lipinski definition) is 7. The van der Waals surface area contributed by atoms with Gasteiger partial charge in [0.15, 0.2) is 5.13 Å². The van der Waals surface area contributed by atoms with Crippen molar-refractivity contribution in [3.63, 3.8) is 0 Å². The third-order valence-electron chi connectivity index (χ3n) is 5.67. The number of aromatic nitrogens is 3. The number of nitrogens with zero attached hydrogens (tertiary/aromatic N) is 2. The zero-order valence-corrected chi connectivity index (χ0v) is 20.2. The van der Waals surface area contributed by atoms with Gasteiger partial charge < -0.3 is 15.6 Å². The summed E-state index contributed by atoms with van der Waals surface area (Å²) in [7, 11) is 0. The molecule has 1 aromatic carbocycles. The number of thiazole rings is 1. The quantitative estimate of drug-likeness (QED) is 0.365. The second kappa shape index (κ2) is 9.47. The molecule has 3 N–H and O–H groups in total. The van der Waals surface area contributed by atoms with Crippen LogP contribution in [-0.4, -0.2) is 26.8 Å². The van der Waals surface area contributed by atoms with Gasteiger partial charge in [-0.1, -0.05) is 41.7 Å². The molecule has 1 aliphatic carbocycles. The van der Waals surface area contributed by atoms with E-state index in [1.807, 2.05) is 30.3 Å². The molecule has 0 radical (unpaired) electrons. The molecule has 0 saturated carbocycles. The van der Waals surface area contributed by atoms with Gasteiger partial charge in [0.05, 0.1) is 5.39 Å². The van der Waals surface area contributed by atoms with Crippen LogP contribution in [0.2, 0.25) is 0 Å². The lowest BCUT2D eigenvalue weighted by Crippen LogP contribution is -2.16. The number of aryl methyl sites for hydroxylation is 3. The van der Waals surface area contributed by atoms with E-state index in [1.165, 1.54) is 23.1 Å². The molecule has 0 fully saturated rings. The van der Waals surface area contributed by atoms with E-state index in [1.54, 1.807) is 11.3 Å².